The van der Waals surface area contributed by atoms with Crippen LogP contribution in [0.25, 0.3) is 0 Å². The molecule has 0 aliphatic heterocycles. The second-order valence-electron chi connectivity index (χ2n) is 2.74. The molecule has 1 fully saturated rings. The van der Waals surface area contributed by atoms with Crippen molar-refractivity contribution in [2.75, 3.05) is 0 Å². The van der Waals surface area contributed by atoms with Crippen molar-refractivity contribution in [3.05, 3.63) is 0 Å². The highest BCUT2D eigenvalue weighted by Crippen LogP contribution is 2.20. The molecule has 0 radical (unpaired) electrons. The monoisotopic (exact) mass is 127 g/mol. The maximum Gasteiger partial charge on any atom is 0.0598 e. The fourth-order valence-corrected chi connectivity index (χ4v) is 1.32. The molecule has 0 heterocycles. The van der Waals surface area contributed by atoms with E-state index in [-0.39, 0.29) is 0 Å². The molecule has 2 heteroatoms. The molecule has 0 bridgehead atoms. The average Bonchev–Trinajstić information content (AvgIpc) is 1.89. The van der Waals surface area contributed by atoms with E-state index in [2.05, 4.69) is 12.1 Å². The van der Waals surface area contributed by atoms with Gasteiger partial charge in [-0.25, -0.2) is 0 Å². The summed E-state index contributed by atoms with van der Waals surface area (Å²) in [5, 5.41) is 11.7. The minimum Gasteiger partial charge on any atom is -0.411 e. The molecule has 0 amide bonds. The van der Waals surface area contributed by atoms with Gasteiger partial charge < -0.3 is 5.21 Å². The lowest BCUT2D eigenvalue weighted by Gasteiger charge is -2.17. The zero-order valence-electron chi connectivity index (χ0n) is 5.80. The smallest absolute Gasteiger partial charge is 0.0598 e. The first-order valence-corrected chi connectivity index (χ1v) is 3.55. The average molecular weight is 127 g/mol. The molecular weight excluding hydrogens is 114 g/mol. The van der Waals surface area contributed by atoms with E-state index in [0.717, 1.165) is 12.1 Å². The van der Waals surface area contributed by atoms with Gasteiger partial charge >= 0.3 is 0 Å². The van der Waals surface area contributed by atoms with Crippen molar-refractivity contribution in [3.63, 3.8) is 0 Å². The third kappa shape index (κ3) is 1.44. The summed E-state index contributed by atoms with van der Waals surface area (Å²) in [6.07, 6.45) is 4.68. The highest BCUT2D eigenvalue weighted by atomic mass is 16.4. The molecule has 1 rings (SSSR count). The van der Waals surface area contributed by atoms with Gasteiger partial charge in [0.1, 0.15) is 0 Å². The van der Waals surface area contributed by atoms with Crippen molar-refractivity contribution in [2.24, 2.45) is 11.1 Å². The summed E-state index contributed by atoms with van der Waals surface area (Å²) in [7, 11) is 0. The van der Waals surface area contributed by atoms with Crippen LogP contribution in [0.4, 0.5) is 0 Å². The molecule has 0 aromatic rings. The summed E-state index contributed by atoms with van der Waals surface area (Å²) in [4.78, 5) is 0. The van der Waals surface area contributed by atoms with Gasteiger partial charge in [-0.05, 0) is 25.2 Å². The van der Waals surface area contributed by atoms with Crippen LogP contribution < -0.4 is 0 Å². The number of rotatable bonds is 0. The van der Waals surface area contributed by atoms with Crippen LogP contribution in [-0.2, 0) is 0 Å². The van der Waals surface area contributed by atoms with Crippen LogP contribution in [0.3, 0.4) is 0 Å². The molecule has 0 saturated heterocycles. The Morgan fingerprint density at radius 1 is 1.56 bits per heavy atom. The molecule has 1 atom stereocenters. The highest BCUT2D eigenvalue weighted by Gasteiger charge is 2.15. The molecule has 1 saturated carbocycles. The Labute approximate surface area is 55.6 Å². The predicted molar refractivity (Wildman–Crippen MR) is 36.9 cm³/mol. The van der Waals surface area contributed by atoms with Gasteiger partial charge in [0, 0.05) is 0 Å². The maximum absolute atomic E-state index is 8.45. The summed E-state index contributed by atoms with van der Waals surface area (Å²) in [5.41, 5.74) is 0.987. The normalized spacial score (nSPS) is 33.0. The quantitative estimate of drug-likeness (QED) is 0.392. The zero-order chi connectivity index (χ0) is 6.69. The Morgan fingerprint density at radius 3 is 2.78 bits per heavy atom. The van der Waals surface area contributed by atoms with Crippen LogP contribution in [0.5, 0.6) is 0 Å². The standard InChI is InChI=1S/C7H13NO/c1-6-4-2-3-5-7(6)8-9/h6,9H,2-5H2,1H3/b8-7-/t6-/m0/s1. The lowest BCUT2D eigenvalue weighted by atomic mass is 9.89. The summed E-state index contributed by atoms with van der Waals surface area (Å²) >= 11 is 0. The Hall–Kier alpha value is -0.530. The van der Waals surface area contributed by atoms with Gasteiger partial charge in [-0.1, -0.05) is 18.5 Å². The van der Waals surface area contributed by atoms with Crippen LogP contribution in [0.15, 0.2) is 5.16 Å². The Kier molecular flexibility index (Phi) is 2.09. The Bertz CT molecular complexity index is 120. The zero-order valence-corrected chi connectivity index (χ0v) is 5.80. The first-order valence-electron chi connectivity index (χ1n) is 3.55. The van der Waals surface area contributed by atoms with Crippen LogP contribution in [0, 0.1) is 5.92 Å². The van der Waals surface area contributed by atoms with E-state index < -0.39 is 0 Å². The van der Waals surface area contributed by atoms with Gasteiger partial charge in [-0.3, -0.25) is 0 Å². The van der Waals surface area contributed by atoms with Crippen molar-refractivity contribution in [2.45, 2.75) is 32.6 Å². The molecule has 9 heavy (non-hydrogen) atoms. The summed E-state index contributed by atoms with van der Waals surface area (Å²) in [5.74, 6) is 0.517. The third-order valence-corrected chi connectivity index (χ3v) is 2.02. The second-order valence-corrected chi connectivity index (χ2v) is 2.74. The van der Waals surface area contributed by atoms with Crippen molar-refractivity contribution < 1.29 is 5.21 Å². The molecular formula is C7H13NO. The predicted octanol–water partition coefficient (Wildman–Crippen LogP) is 2.03. The molecule has 52 valence electrons. The second kappa shape index (κ2) is 2.85. The van der Waals surface area contributed by atoms with Crippen molar-refractivity contribution >= 4 is 5.71 Å². The van der Waals surface area contributed by atoms with Gasteiger partial charge in [0.05, 0.1) is 5.71 Å². The molecule has 0 aromatic carbocycles. The summed E-state index contributed by atoms with van der Waals surface area (Å²) in [6, 6.07) is 0. The van der Waals surface area contributed by atoms with E-state index in [4.69, 9.17) is 5.21 Å². The molecule has 2 nitrogen and oxygen atoms in total. The fraction of sp³-hybridized carbons (Fsp3) is 0.857. The van der Waals surface area contributed by atoms with Gasteiger partial charge in [-0.2, -0.15) is 0 Å². The van der Waals surface area contributed by atoms with Crippen LogP contribution in [0.1, 0.15) is 32.6 Å². The van der Waals surface area contributed by atoms with E-state index in [0.29, 0.717) is 5.92 Å². The minimum absolute atomic E-state index is 0.517. The summed E-state index contributed by atoms with van der Waals surface area (Å²) in [6.45, 7) is 2.12. The van der Waals surface area contributed by atoms with E-state index in [9.17, 15) is 0 Å². The largest absolute Gasteiger partial charge is 0.411 e. The van der Waals surface area contributed by atoms with Crippen LogP contribution in [-0.4, -0.2) is 10.9 Å². The maximum atomic E-state index is 8.45. The number of hydrogen-bond donors (Lipinski definition) is 1. The van der Waals surface area contributed by atoms with Gasteiger partial charge in [0.15, 0.2) is 0 Å². The topological polar surface area (TPSA) is 32.6 Å². The highest BCUT2D eigenvalue weighted by molar-refractivity contribution is 5.86. The lowest BCUT2D eigenvalue weighted by Crippen LogP contribution is -2.15. The fourth-order valence-electron chi connectivity index (χ4n) is 1.32. The first-order chi connectivity index (χ1) is 4.34. The number of hydrogen-bond acceptors (Lipinski definition) is 2. The van der Waals surface area contributed by atoms with E-state index in [1.807, 2.05) is 0 Å². The molecule has 0 aromatic heterocycles. The molecule has 0 unspecified atom stereocenters. The van der Waals surface area contributed by atoms with Crippen LogP contribution >= 0.6 is 0 Å². The van der Waals surface area contributed by atoms with Gasteiger partial charge in [0.2, 0.25) is 0 Å². The number of oxime groups is 1. The Morgan fingerprint density at radius 2 is 2.33 bits per heavy atom. The van der Waals surface area contributed by atoms with Crippen molar-refractivity contribution in [1.82, 2.24) is 0 Å². The molecule has 1 N–H and O–H groups in total. The molecule has 0 spiro atoms. The van der Waals surface area contributed by atoms with Crippen molar-refractivity contribution in [3.8, 4) is 0 Å². The third-order valence-electron chi connectivity index (χ3n) is 2.02. The Balaban J connectivity index is 2.49. The lowest BCUT2D eigenvalue weighted by molar-refractivity contribution is 0.310. The first kappa shape index (κ1) is 6.59. The van der Waals surface area contributed by atoms with Gasteiger partial charge in [0.25, 0.3) is 0 Å². The van der Waals surface area contributed by atoms with E-state index >= 15 is 0 Å². The van der Waals surface area contributed by atoms with E-state index in [1.54, 1.807) is 0 Å². The van der Waals surface area contributed by atoms with E-state index in [1.165, 1.54) is 19.3 Å². The molecule has 1 aliphatic rings. The minimum atomic E-state index is 0.517. The SMILES string of the molecule is C[C@H]1CCCC/C1=N/O. The summed E-state index contributed by atoms with van der Waals surface area (Å²) < 4.78 is 0. The van der Waals surface area contributed by atoms with Crippen molar-refractivity contribution in [1.29, 1.82) is 0 Å². The van der Waals surface area contributed by atoms with Gasteiger partial charge in [-0.15, -0.1) is 0 Å². The molecule has 1 aliphatic carbocycles. The van der Waals surface area contributed by atoms with Crippen LogP contribution in [0.2, 0.25) is 0 Å². The number of nitrogens with zero attached hydrogens (tertiary/aromatic N) is 1.